The minimum Gasteiger partial charge on any atom is -0.341 e. The van der Waals surface area contributed by atoms with Gasteiger partial charge >= 0.3 is 6.03 Å². The van der Waals surface area contributed by atoms with Crippen LogP contribution in [0.2, 0.25) is 0 Å². The number of hydrogen-bond donors (Lipinski definition) is 2. The first-order chi connectivity index (χ1) is 5.61. The first-order valence-electron chi connectivity index (χ1n) is 3.56. The minimum absolute atomic E-state index is 0.143. The second-order valence-electron chi connectivity index (χ2n) is 2.18. The van der Waals surface area contributed by atoms with Crippen molar-refractivity contribution in [3.63, 3.8) is 0 Å². The lowest BCUT2D eigenvalue weighted by molar-refractivity contribution is 0.100. The number of rotatable bonds is 4. The van der Waals surface area contributed by atoms with Crippen molar-refractivity contribution in [3.8, 4) is 0 Å². The molecule has 0 bridgehead atoms. The van der Waals surface area contributed by atoms with Gasteiger partial charge in [-0.1, -0.05) is 0 Å². The zero-order valence-corrected chi connectivity index (χ0v) is 6.89. The van der Waals surface area contributed by atoms with Crippen molar-refractivity contribution in [2.75, 3.05) is 26.7 Å². The number of amides is 2. The Hall–Kier alpha value is -0.910. The molecule has 0 aromatic rings. The van der Waals surface area contributed by atoms with Crippen LogP contribution in [0.3, 0.4) is 0 Å². The number of nitrogens with two attached hydrogens (primary N) is 1. The molecule has 0 spiro atoms. The van der Waals surface area contributed by atoms with Gasteiger partial charge in [0.05, 0.1) is 6.54 Å². The smallest absolute Gasteiger partial charge is 0.317 e. The predicted molar refractivity (Wildman–Crippen MR) is 41.1 cm³/mol. The zero-order valence-electron chi connectivity index (χ0n) is 6.89. The average molecular weight is 181 g/mol. The summed E-state index contributed by atoms with van der Waals surface area (Å²) in [6, 6.07) is -0.527. The fourth-order valence-corrected chi connectivity index (χ4v) is 0.756. The maximum Gasteiger partial charge on any atom is 0.317 e. The minimum atomic E-state index is -2.52. The van der Waals surface area contributed by atoms with E-state index in [1.807, 2.05) is 0 Å². The predicted octanol–water partition coefficient (Wildman–Crippen LogP) is -0.148. The topological polar surface area (TPSA) is 58.4 Å². The number of hydrogen-bond acceptors (Lipinski definition) is 2. The third-order valence-corrected chi connectivity index (χ3v) is 1.26. The summed E-state index contributed by atoms with van der Waals surface area (Å²) in [4.78, 5) is 11.8. The van der Waals surface area contributed by atoms with Crippen molar-refractivity contribution in [1.29, 1.82) is 0 Å². The van der Waals surface area contributed by atoms with Gasteiger partial charge in [-0.2, -0.15) is 0 Å². The van der Waals surface area contributed by atoms with E-state index in [0.29, 0.717) is 0 Å². The molecule has 0 aromatic carbocycles. The average Bonchev–Trinajstić information content (AvgIpc) is 2.01. The van der Waals surface area contributed by atoms with Gasteiger partial charge in [0.15, 0.2) is 0 Å². The molecule has 3 N–H and O–H groups in total. The molecule has 0 aliphatic rings. The van der Waals surface area contributed by atoms with Crippen LogP contribution in [0.25, 0.3) is 0 Å². The highest BCUT2D eigenvalue weighted by Gasteiger charge is 2.15. The molecule has 6 heteroatoms. The van der Waals surface area contributed by atoms with Gasteiger partial charge in [-0.05, 0) is 0 Å². The molecule has 2 amide bonds. The van der Waals surface area contributed by atoms with E-state index in [2.05, 4.69) is 5.32 Å². The third-order valence-electron chi connectivity index (χ3n) is 1.26. The fourth-order valence-electron chi connectivity index (χ4n) is 0.756. The Labute approximate surface area is 69.7 Å². The van der Waals surface area contributed by atoms with Gasteiger partial charge in [0, 0.05) is 20.1 Å². The number of carbonyl (C=O) groups excluding carboxylic acids is 1. The molecule has 0 fully saturated rings. The molecule has 0 unspecified atom stereocenters. The summed E-state index contributed by atoms with van der Waals surface area (Å²) < 4.78 is 23.7. The molecule has 0 aliphatic carbocycles. The largest absolute Gasteiger partial charge is 0.341 e. The fraction of sp³-hybridized carbons (Fsp3) is 0.833. The van der Waals surface area contributed by atoms with E-state index in [9.17, 15) is 13.6 Å². The Morgan fingerprint density at radius 1 is 1.67 bits per heavy atom. The summed E-state index contributed by atoms with van der Waals surface area (Å²) in [6.07, 6.45) is -2.52. The molecule has 72 valence electrons. The summed E-state index contributed by atoms with van der Waals surface area (Å²) in [6.45, 7) is -0.249. The van der Waals surface area contributed by atoms with Gasteiger partial charge in [0.2, 0.25) is 0 Å². The molecule has 4 nitrogen and oxygen atoms in total. The van der Waals surface area contributed by atoms with Crippen molar-refractivity contribution in [2.45, 2.75) is 6.43 Å². The number of carbonyl (C=O) groups is 1. The van der Waals surface area contributed by atoms with Gasteiger partial charge < -0.3 is 16.0 Å². The highest BCUT2D eigenvalue weighted by atomic mass is 19.3. The Morgan fingerprint density at radius 2 is 2.25 bits per heavy atom. The third kappa shape index (κ3) is 4.07. The molecule has 0 saturated heterocycles. The van der Waals surface area contributed by atoms with Gasteiger partial charge in [-0.15, -0.1) is 0 Å². The van der Waals surface area contributed by atoms with E-state index >= 15 is 0 Å². The number of nitrogens with one attached hydrogen (secondary N) is 1. The Bertz CT molecular complexity index is 143. The van der Waals surface area contributed by atoms with E-state index in [-0.39, 0.29) is 13.1 Å². The van der Waals surface area contributed by atoms with Crippen LogP contribution in [-0.2, 0) is 0 Å². The van der Waals surface area contributed by atoms with E-state index in [4.69, 9.17) is 5.73 Å². The summed E-state index contributed by atoms with van der Waals surface area (Å²) in [7, 11) is 1.39. The van der Waals surface area contributed by atoms with Crippen molar-refractivity contribution >= 4 is 6.03 Å². The standard InChI is InChI=1S/C6H13F2N3O/c1-10-6(12)11(3-2-9)4-5(7)8/h5H,2-4,9H2,1H3,(H,10,12). The van der Waals surface area contributed by atoms with Crippen molar-refractivity contribution in [1.82, 2.24) is 10.2 Å². The highest BCUT2D eigenvalue weighted by Crippen LogP contribution is 1.97. The molecule has 0 aliphatic heterocycles. The van der Waals surface area contributed by atoms with E-state index in [1.54, 1.807) is 0 Å². The summed E-state index contributed by atoms with van der Waals surface area (Å²) in [5.74, 6) is 0. The lowest BCUT2D eigenvalue weighted by atomic mass is 10.5. The molecule has 0 heterocycles. The van der Waals surface area contributed by atoms with Gasteiger partial charge in [0.25, 0.3) is 6.43 Å². The number of nitrogens with zero attached hydrogens (tertiary/aromatic N) is 1. The van der Waals surface area contributed by atoms with Crippen molar-refractivity contribution in [2.24, 2.45) is 5.73 Å². The quantitative estimate of drug-likeness (QED) is 0.633. The van der Waals surface area contributed by atoms with Crippen LogP contribution >= 0.6 is 0 Å². The van der Waals surface area contributed by atoms with Gasteiger partial charge in [0.1, 0.15) is 0 Å². The normalized spacial score (nSPS) is 10.1. The summed E-state index contributed by atoms with van der Waals surface area (Å²) >= 11 is 0. The Kier molecular flexibility index (Phi) is 5.27. The maximum atomic E-state index is 11.8. The molecule has 12 heavy (non-hydrogen) atoms. The zero-order chi connectivity index (χ0) is 9.56. The van der Waals surface area contributed by atoms with Crippen LogP contribution in [0, 0.1) is 0 Å². The number of urea groups is 1. The molecule has 0 aromatic heterocycles. The number of alkyl halides is 2. The van der Waals surface area contributed by atoms with Crippen LogP contribution in [-0.4, -0.2) is 44.0 Å². The molecule has 0 saturated carbocycles. The van der Waals surface area contributed by atoms with Gasteiger partial charge in [-0.3, -0.25) is 0 Å². The molecule has 0 radical (unpaired) electrons. The number of halogens is 2. The van der Waals surface area contributed by atoms with Gasteiger partial charge in [-0.25, -0.2) is 13.6 Å². The van der Waals surface area contributed by atoms with Crippen molar-refractivity contribution < 1.29 is 13.6 Å². The van der Waals surface area contributed by atoms with E-state index in [1.165, 1.54) is 7.05 Å². The van der Waals surface area contributed by atoms with Crippen LogP contribution in [0.5, 0.6) is 0 Å². The molecular formula is C6H13F2N3O. The molecule has 0 rings (SSSR count). The monoisotopic (exact) mass is 181 g/mol. The lowest BCUT2D eigenvalue weighted by Crippen LogP contribution is -2.43. The van der Waals surface area contributed by atoms with E-state index < -0.39 is 19.0 Å². The SMILES string of the molecule is CNC(=O)N(CCN)CC(F)F. The summed E-state index contributed by atoms with van der Waals surface area (Å²) in [5.41, 5.74) is 5.13. The Balaban J connectivity index is 3.94. The van der Waals surface area contributed by atoms with Crippen molar-refractivity contribution in [3.05, 3.63) is 0 Å². The van der Waals surface area contributed by atoms with Crippen LogP contribution in [0.15, 0.2) is 0 Å². The van der Waals surface area contributed by atoms with Crippen LogP contribution in [0.4, 0.5) is 13.6 Å². The second-order valence-corrected chi connectivity index (χ2v) is 2.18. The Morgan fingerprint density at radius 3 is 2.58 bits per heavy atom. The first-order valence-corrected chi connectivity index (χ1v) is 3.56. The second kappa shape index (κ2) is 5.70. The molecule has 0 atom stereocenters. The van der Waals surface area contributed by atoms with E-state index in [0.717, 1.165) is 4.90 Å². The first kappa shape index (κ1) is 11.1. The summed E-state index contributed by atoms with van der Waals surface area (Å²) in [5, 5.41) is 2.25. The molecular weight excluding hydrogens is 168 g/mol. The van der Waals surface area contributed by atoms with Crippen LogP contribution < -0.4 is 11.1 Å². The van der Waals surface area contributed by atoms with Crippen LogP contribution in [0.1, 0.15) is 0 Å². The maximum absolute atomic E-state index is 11.8. The lowest BCUT2D eigenvalue weighted by Gasteiger charge is -2.20. The highest BCUT2D eigenvalue weighted by molar-refractivity contribution is 5.73.